The van der Waals surface area contributed by atoms with Crippen molar-refractivity contribution < 1.29 is 4.39 Å². The van der Waals surface area contributed by atoms with Gasteiger partial charge < -0.3 is 5.73 Å². The van der Waals surface area contributed by atoms with Crippen molar-refractivity contribution in [1.29, 1.82) is 0 Å². The highest BCUT2D eigenvalue weighted by atomic mass is 32.1. The molecular weight excluding hydrogens is 223 g/mol. The van der Waals surface area contributed by atoms with Gasteiger partial charge in [0.25, 0.3) is 0 Å². The first-order valence-electron chi connectivity index (χ1n) is 5.17. The van der Waals surface area contributed by atoms with Crippen molar-refractivity contribution in [2.45, 2.75) is 19.8 Å². The fourth-order valence-electron chi connectivity index (χ4n) is 1.65. The van der Waals surface area contributed by atoms with Crippen LogP contribution in [0.1, 0.15) is 23.1 Å². The monoisotopic (exact) mass is 236 g/mol. The summed E-state index contributed by atoms with van der Waals surface area (Å²) in [7, 11) is 0. The molecule has 0 atom stereocenters. The zero-order valence-electron chi connectivity index (χ0n) is 9.03. The van der Waals surface area contributed by atoms with Gasteiger partial charge in [0.05, 0.1) is 5.69 Å². The second-order valence-corrected chi connectivity index (χ2v) is 4.70. The maximum absolute atomic E-state index is 13.0. The summed E-state index contributed by atoms with van der Waals surface area (Å²) < 4.78 is 13.0. The molecule has 84 valence electrons. The number of halogens is 1. The Morgan fingerprint density at radius 3 is 2.94 bits per heavy atom. The molecular formula is C12H13FN2S. The summed E-state index contributed by atoms with van der Waals surface area (Å²) in [5, 5.41) is 0.586. The minimum Gasteiger partial charge on any atom is -0.375 e. The molecule has 1 aromatic heterocycles. The van der Waals surface area contributed by atoms with Gasteiger partial charge in [-0.05, 0) is 24.1 Å². The summed E-state index contributed by atoms with van der Waals surface area (Å²) in [5.41, 5.74) is 7.65. The molecule has 2 N–H and O–H groups in total. The third-order valence-corrected chi connectivity index (χ3v) is 3.31. The van der Waals surface area contributed by atoms with Crippen molar-refractivity contribution in [1.82, 2.24) is 4.98 Å². The van der Waals surface area contributed by atoms with Crippen molar-refractivity contribution in [2.75, 3.05) is 5.73 Å². The second kappa shape index (κ2) is 4.61. The second-order valence-electron chi connectivity index (χ2n) is 3.58. The van der Waals surface area contributed by atoms with Crippen molar-refractivity contribution in [3.63, 3.8) is 0 Å². The van der Waals surface area contributed by atoms with E-state index in [9.17, 15) is 4.39 Å². The predicted molar refractivity (Wildman–Crippen MR) is 65.1 cm³/mol. The summed E-state index contributed by atoms with van der Waals surface area (Å²) in [4.78, 5) is 5.38. The highest BCUT2D eigenvalue weighted by molar-refractivity contribution is 7.15. The Hall–Kier alpha value is -1.42. The number of aromatic nitrogens is 1. The first-order valence-corrected chi connectivity index (χ1v) is 5.99. The van der Waals surface area contributed by atoms with Gasteiger partial charge in [0.1, 0.15) is 5.82 Å². The van der Waals surface area contributed by atoms with Gasteiger partial charge in [-0.15, -0.1) is 11.3 Å². The van der Waals surface area contributed by atoms with E-state index in [-0.39, 0.29) is 5.82 Å². The molecule has 0 aliphatic carbocycles. The summed E-state index contributed by atoms with van der Waals surface area (Å²) in [6.07, 6.45) is 1.56. The zero-order valence-corrected chi connectivity index (χ0v) is 9.85. The molecule has 2 nitrogen and oxygen atoms in total. The van der Waals surface area contributed by atoms with Gasteiger partial charge in [-0.2, -0.15) is 0 Å². The molecule has 16 heavy (non-hydrogen) atoms. The number of hydrogen-bond acceptors (Lipinski definition) is 3. The third kappa shape index (κ3) is 2.39. The number of nitrogens with two attached hydrogens (primary N) is 1. The van der Waals surface area contributed by atoms with Crippen molar-refractivity contribution in [2.24, 2.45) is 0 Å². The van der Waals surface area contributed by atoms with Gasteiger partial charge in [-0.3, -0.25) is 0 Å². The van der Waals surface area contributed by atoms with Crippen molar-refractivity contribution >= 4 is 16.5 Å². The third-order valence-electron chi connectivity index (χ3n) is 2.38. The lowest BCUT2D eigenvalue weighted by atomic mass is 10.1. The lowest BCUT2D eigenvalue weighted by Gasteiger charge is -2.00. The van der Waals surface area contributed by atoms with Gasteiger partial charge in [0.15, 0.2) is 5.13 Å². The molecule has 0 fully saturated rings. The Morgan fingerprint density at radius 2 is 2.25 bits per heavy atom. The van der Waals surface area contributed by atoms with Gasteiger partial charge in [-0.25, -0.2) is 9.37 Å². The first kappa shape index (κ1) is 11.1. The summed E-state index contributed by atoms with van der Waals surface area (Å²) in [6.45, 7) is 2.05. The Morgan fingerprint density at radius 1 is 1.44 bits per heavy atom. The van der Waals surface area contributed by atoms with Crippen LogP contribution in [0, 0.1) is 5.82 Å². The van der Waals surface area contributed by atoms with Crippen LogP contribution < -0.4 is 5.73 Å². The van der Waals surface area contributed by atoms with Gasteiger partial charge in [0.2, 0.25) is 0 Å². The molecule has 0 unspecified atom stereocenters. The van der Waals surface area contributed by atoms with E-state index in [1.54, 1.807) is 12.1 Å². The molecule has 2 aromatic rings. The van der Waals surface area contributed by atoms with Crippen LogP contribution in [-0.4, -0.2) is 4.98 Å². The minimum absolute atomic E-state index is 0.201. The van der Waals surface area contributed by atoms with Crippen LogP contribution >= 0.6 is 11.3 Å². The van der Waals surface area contributed by atoms with E-state index < -0.39 is 0 Å². The van der Waals surface area contributed by atoms with Crippen LogP contribution in [-0.2, 0) is 12.8 Å². The average Bonchev–Trinajstić information content (AvgIpc) is 2.59. The van der Waals surface area contributed by atoms with E-state index in [0.29, 0.717) is 11.6 Å². The van der Waals surface area contributed by atoms with Crippen LogP contribution in [0.5, 0.6) is 0 Å². The minimum atomic E-state index is -0.201. The number of nitrogen functional groups attached to an aromatic ring is 1. The number of thiazole rings is 1. The molecule has 0 aliphatic heterocycles. The molecule has 0 aliphatic rings. The zero-order chi connectivity index (χ0) is 11.5. The maximum atomic E-state index is 13.0. The number of aryl methyl sites for hydroxylation is 1. The summed E-state index contributed by atoms with van der Waals surface area (Å²) in [5.74, 6) is -0.201. The average molecular weight is 236 g/mol. The molecule has 0 spiro atoms. The van der Waals surface area contributed by atoms with Gasteiger partial charge in [-0.1, -0.05) is 19.1 Å². The van der Waals surface area contributed by atoms with E-state index in [0.717, 1.165) is 22.6 Å². The highest BCUT2D eigenvalue weighted by Crippen LogP contribution is 2.24. The number of hydrogen-bond donors (Lipinski definition) is 1. The first-order chi connectivity index (χ1) is 7.69. The molecule has 0 radical (unpaired) electrons. The Kier molecular flexibility index (Phi) is 3.19. The molecule has 1 aromatic carbocycles. The number of nitrogens with zero attached hydrogens (tertiary/aromatic N) is 1. The van der Waals surface area contributed by atoms with E-state index >= 15 is 0 Å². The Balaban J connectivity index is 2.26. The lowest BCUT2D eigenvalue weighted by molar-refractivity contribution is 0.626. The van der Waals surface area contributed by atoms with Crippen LogP contribution in [0.4, 0.5) is 9.52 Å². The van der Waals surface area contributed by atoms with Crippen LogP contribution in [0.25, 0.3) is 0 Å². The highest BCUT2D eigenvalue weighted by Gasteiger charge is 2.08. The van der Waals surface area contributed by atoms with Crippen LogP contribution in [0.15, 0.2) is 24.3 Å². The van der Waals surface area contributed by atoms with Gasteiger partial charge in [0, 0.05) is 11.3 Å². The van der Waals surface area contributed by atoms with Crippen molar-refractivity contribution in [3.05, 3.63) is 46.2 Å². The van der Waals surface area contributed by atoms with Crippen LogP contribution in [0.3, 0.4) is 0 Å². The van der Waals surface area contributed by atoms with E-state index in [2.05, 4.69) is 4.98 Å². The maximum Gasteiger partial charge on any atom is 0.180 e. The molecule has 1 heterocycles. The largest absolute Gasteiger partial charge is 0.375 e. The number of anilines is 1. The molecule has 0 amide bonds. The molecule has 4 heteroatoms. The standard InChI is InChI=1S/C12H13FN2S/c1-2-10-11(16-12(14)15-10)7-8-4-3-5-9(13)6-8/h3-6H,2,7H2,1H3,(H2,14,15). The van der Waals surface area contributed by atoms with E-state index in [4.69, 9.17) is 5.73 Å². The molecule has 2 rings (SSSR count). The van der Waals surface area contributed by atoms with Crippen molar-refractivity contribution in [3.8, 4) is 0 Å². The van der Waals surface area contributed by atoms with Gasteiger partial charge >= 0.3 is 0 Å². The number of rotatable bonds is 3. The number of benzene rings is 1. The smallest absolute Gasteiger partial charge is 0.180 e. The molecule has 0 saturated carbocycles. The topological polar surface area (TPSA) is 38.9 Å². The summed E-state index contributed by atoms with van der Waals surface area (Å²) in [6, 6.07) is 6.64. The predicted octanol–water partition coefficient (Wildman–Crippen LogP) is 3.02. The Labute approximate surface area is 97.9 Å². The Bertz CT molecular complexity index is 494. The normalized spacial score (nSPS) is 10.6. The molecule has 0 saturated heterocycles. The van der Waals surface area contributed by atoms with E-state index in [1.807, 2.05) is 13.0 Å². The summed E-state index contributed by atoms with van der Waals surface area (Å²) >= 11 is 1.48. The quantitative estimate of drug-likeness (QED) is 0.889. The lowest BCUT2D eigenvalue weighted by Crippen LogP contribution is -1.91. The fourth-order valence-corrected chi connectivity index (χ4v) is 2.60. The molecule has 0 bridgehead atoms. The van der Waals surface area contributed by atoms with Crippen LogP contribution in [0.2, 0.25) is 0 Å². The van der Waals surface area contributed by atoms with E-state index in [1.165, 1.54) is 17.4 Å². The fraction of sp³-hybridized carbons (Fsp3) is 0.250. The SMILES string of the molecule is CCc1nc(N)sc1Cc1cccc(F)c1.